The van der Waals surface area contributed by atoms with Crippen LogP contribution in [0, 0.1) is 32.6 Å². The molecular formula is C58H50N5OPt-3. The minimum atomic E-state index is -0.0683. The number of nitrogens with zero attached hydrogens (tertiary/aromatic N) is 5. The normalized spacial score (nSPS) is 13.0. The molecule has 0 fully saturated rings. The summed E-state index contributed by atoms with van der Waals surface area (Å²) in [6, 6.07) is 59.2. The van der Waals surface area contributed by atoms with E-state index in [1.165, 1.54) is 27.9 Å². The summed E-state index contributed by atoms with van der Waals surface area (Å²) >= 11 is 0. The number of aryl methyl sites for hydroxylation is 2. The molecule has 11 rings (SSSR count). The van der Waals surface area contributed by atoms with Crippen LogP contribution < -0.4 is 14.5 Å². The maximum absolute atomic E-state index is 7.19. The van der Waals surface area contributed by atoms with Gasteiger partial charge in [0, 0.05) is 72.5 Å². The van der Waals surface area contributed by atoms with Gasteiger partial charge in [-0.1, -0.05) is 137 Å². The molecule has 0 bridgehead atoms. The van der Waals surface area contributed by atoms with Crippen LogP contribution in [-0.4, -0.2) is 14.1 Å². The Bertz CT molecular complexity index is 3440. The zero-order chi connectivity index (χ0) is 44.1. The smallest absolute Gasteiger partial charge is 0.135 e. The van der Waals surface area contributed by atoms with E-state index in [1.807, 2.05) is 12.3 Å². The van der Waals surface area contributed by atoms with Gasteiger partial charge in [-0.3, -0.25) is 0 Å². The monoisotopic (exact) mass is 1030 g/mol. The van der Waals surface area contributed by atoms with Crippen molar-refractivity contribution in [1.82, 2.24) is 14.1 Å². The maximum Gasteiger partial charge on any atom is 0.135 e. The molecule has 0 N–H and O–H groups in total. The summed E-state index contributed by atoms with van der Waals surface area (Å²) in [5, 5.41) is 4.27. The van der Waals surface area contributed by atoms with E-state index < -0.39 is 0 Å². The third kappa shape index (κ3) is 7.02. The number of hydrogen-bond donors (Lipinski definition) is 0. The SMILES string of the molecule is Cc1cc(C(C)(C)C)cc(C)c1N1[CH-]N(c2[c-]c(Oc3[c-]c4c(c5ccccc5n4-c4cc(C(C)(C)C)ccn4)c4c3c3ccccc3n4-c3ccccc3)ccc2)c2ccccc21.[Pt]. The molecule has 0 saturated carbocycles. The van der Waals surface area contributed by atoms with Crippen LogP contribution in [0.1, 0.15) is 63.8 Å². The van der Waals surface area contributed by atoms with Crippen molar-refractivity contribution in [3.05, 3.63) is 193 Å². The van der Waals surface area contributed by atoms with E-state index in [1.54, 1.807) is 0 Å². The van der Waals surface area contributed by atoms with Gasteiger partial charge in [-0.25, -0.2) is 4.98 Å². The standard InChI is InChI=1S/C58H50N5O.Pt/c1-37-31-40(58(6,7)8)32-38(2)55(37)61-36-60(48-27-16-17-28-49(48)61)42-21-18-22-43(34-42)64-51-35-50-53(56-54(51)45-24-13-14-25-46(45)62(56)41-19-10-9-11-20-41)44-23-12-15-26-47(44)63(50)52-33-39(29-30-59-52)57(3,4)5;/h9-33,36H,1-8H3;/q-3;. The molecule has 1 aliphatic rings. The minimum Gasteiger partial charge on any atom is -0.508 e. The van der Waals surface area contributed by atoms with Crippen molar-refractivity contribution < 1.29 is 25.8 Å². The molecule has 4 heterocycles. The Morgan fingerprint density at radius 3 is 1.85 bits per heavy atom. The summed E-state index contributed by atoms with van der Waals surface area (Å²) in [6.45, 7) is 20.2. The van der Waals surface area contributed by atoms with Gasteiger partial charge in [0.1, 0.15) is 5.82 Å². The number of hydrogen-bond acceptors (Lipinski definition) is 4. The Labute approximate surface area is 396 Å². The van der Waals surface area contributed by atoms with Gasteiger partial charge in [0.25, 0.3) is 0 Å². The molecule has 0 spiro atoms. The van der Waals surface area contributed by atoms with Crippen molar-refractivity contribution >= 4 is 66.4 Å². The second-order valence-electron chi connectivity index (χ2n) is 19.1. The van der Waals surface area contributed by atoms with Gasteiger partial charge >= 0.3 is 0 Å². The topological polar surface area (TPSA) is 38.5 Å². The third-order valence-electron chi connectivity index (χ3n) is 12.8. The Morgan fingerprint density at radius 1 is 0.569 bits per heavy atom. The molecule has 7 heteroatoms. The first-order valence-corrected chi connectivity index (χ1v) is 22.1. The minimum absolute atomic E-state index is 0. The fourth-order valence-corrected chi connectivity index (χ4v) is 9.64. The number of aromatic nitrogens is 3. The van der Waals surface area contributed by atoms with Crippen LogP contribution in [0.3, 0.4) is 0 Å². The maximum atomic E-state index is 7.19. The zero-order valence-electron chi connectivity index (χ0n) is 38.0. The molecule has 10 aromatic rings. The van der Waals surface area contributed by atoms with Crippen LogP contribution in [0.15, 0.2) is 152 Å². The molecule has 65 heavy (non-hydrogen) atoms. The molecule has 326 valence electrons. The van der Waals surface area contributed by atoms with Crippen molar-refractivity contribution in [3.8, 4) is 23.0 Å². The van der Waals surface area contributed by atoms with Gasteiger partial charge < -0.3 is 23.7 Å². The van der Waals surface area contributed by atoms with Gasteiger partial charge in [0.15, 0.2) is 0 Å². The Kier molecular flexibility index (Phi) is 10.3. The quantitative estimate of drug-likeness (QED) is 0.156. The summed E-state index contributed by atoms with van der Waals surface area (Å²) < 4.78 is 11.8. The molecule has 1 aliphatic heterocycles. The number of fused-ring (bicyclic) bond motifs is 8. The molecule has 7 aromatic carbocycles. The summed E-state index contributed by atoms with van der Waals surface area (Å²) in [5.74, 6) is 2.05. The number of pyridine rings is 1. The summed E-state index contributed by atoms with van der Waals surface area (Å²) in [6.07, 6.45) is 1.92. The Balaban J connectivity index is 0.00000498. The summed E-state index contributed by atoms with van der Waals surface area (Å²) in [4.78, 5) is 9.55. The van der Waals surface area contributed by atoms with Crippen LogP contribution >= 0.6 is 0 Å². The second kappa shape index (κ2) is 15.8. The Hall–Kier alpha value is -6.62. The average molecular weight is 1030 g/mol. The van der Waals surface area contributed by atoms with Crippen LogP contribution in [0.4, 0.5) is 22.7 Å². The molecule has 3 aromatic heterocycles. The summed E-state index contributed by atoms with van der Waals surface area (Å²) in [5.41, 5.74) is 14.4. The molecule has 0 unspecified atom stereocenters. The number of ether oxygens (including phenoxy) is 1. The van der Waals surface area contributed by atoms with E-state index in [0.29, 0.717) is 11.5 Å². The van der Waals surface area contributed by atoms with Crippen molar-refractivity contribution in [1.29, 1.82) is 0 Å². The first-order chi connectivity index (χ1) is 30.8. The van der Waals surface area contributed by atoms with Crippen LogP contribution in [0.25, 0.3) is 55.1 Å². The zero-order valence-corrected chi connectivity index (χ0v) is 40.2. The number of benzene rings is 7. The predicted octanol–water partition coefficient (Wildman–Crippen LogP) is 15.3. The second-order valence-corrected chi connectivity index (χ2v) is 19.1. The molecule has 0 aliphatic carbocycles. The number of rotatable bonds is 6. The van der Waals surface area contributed by atoms with Crippen molar-refractivity contribution in [2.24, 2.45) is 0 Å². The fraction of sp³-hybridized carbons (Fsp3) is 0.172. The van der Waals surface area contributed by atoms with Crippen LogP contribution in [0.2, 0.25) is 0 Å². The largest absolute Gasteiger partial charge is 0.508 e. The fourth-order valence-electron chi connectivity index (χ4n) is 9.64. The van der Waals surface area contributed by atoms with E-state index >= 15 is 0 Å². The van der Waals surface area contributed by atoms with Gasteiger partial charge in [-0.05, 0) is 112 Å². The third-order valence-corrected chi connectivity index (χ3v) is 12.8. The molecule has 0 saturated heterocycles. The first-order valence-electron chi connectivity index (χ1n) is 22.1. The molecule has 0 atom stereocenters. The van der Waals surface area contributed by atoms with E-state index in [9.17, 15) is 0 Å². The van der Waals surface area contributed by atoms with Crippen molar-refractivity contribution in [2.75, 3.05) is 9.80 Å². The summed E-state index contributed by atoms with van der Waals surface area (Å²) in [7, 11) is 0. The van der Waals surface area contributed by atoms with Gasteiger partial charge in [-0.2, -0.15) is 6.07 Å². The average Bonchev–Trinajstić information content (AvgIpc) is 3.94. The number of anilines is 4. The number of para-hydroxylation sites is 5. The molecular weight excluding hydrogens is 978 g/mol. The molecule has 6 nitrogen and oxygen atoms in total. The van der Waals surface area contributed by atoms with E-state index in [4.69, 9.17) is 9.72 Å². The van der Waals surface area contributed by atoms with Gasteiger partial charge in [-0.15, -0.1) is 36.6 Å². The molecule has 0 amide bonds. The van der Waals surface area contributed by atoms with Gasteiger partial charge in [0.2, 0.25) is 0 Å². The first kappa shape index (κ1) is 42.3. The van der Waals surface area contributed by atoms with Crippen LogP contribution in [0.5, 0.6) is 11.5 Å². The van der Waals surface area contributed by atoms with Crippen LogP contribution in [-0.2, 0) is 31.9 Å². The van der Waals surface area contributed by atoms with Crippen molar-refractivity contribution in [2.45, 2.75) is 66.2 Å². The van der Waals surface area contributed by atoms with E-state index in [0.717, 1.165) is 72.2 Å². The predicted molar refractivity (Wildman–Crippen MR) is 265 cm³/mol. The molecule has 0 radical (unpaired) electrons. The Morgan fingerprint density at radius 2 is 1.17 bits per heavy atom. The van der Waals surface area contributed by atoms with Crippen molar-refractivity contribution in [3.63, 3.8) is 0 Å². The van der Waals surface area contributed by atoms with Gasteiger partial charge in [0.05, 0.1) is 0 Å². The van der Waals surface area contributed by atoms with E-state index in [-0.39, 0.29) is 31.9 Å². The van der Waals surface area contributed by atoms with E-state index in [2.05, 4.69) is 233 Å².